The monoisotopic (exact) mass is 426 g/mol. The standard InChI is InChI=1S/C26H34O5/c1-4-31-20(28)7-10-25(29)19-12-16(19)22-21-15-11-18(15)26(30)13-14(27)5-8-23(26,2)17(21)6-9-24(22,25)3/h15-19,21-22,29-30H,4-6,8-9,11-13H2,1-3H3/t15-,16?,17?,18+,19-,21?,22?,23+,24-,25-,26+/m0/s1. The average Bonchev–Trinajstić information content (AvgIpc) is 3.61. The van der Waals surface area contributed by atoms with Gasteiger partial charge < -0.3 is 14.9 Å². The van der Waals surface area contributed by atoms with E-state index in [9.17, 15) is 19.8 Å². The third kappa shape index (κ3) is 2.27. The fourth-order valence-electron chi connectivity index (χ4n) is 9.52. The van der Waals surface area contributed by atoms with Crippen molar-refractivity contribution in [1.82, 2.24) is 0 Å². The van der Waals surface area contributed by atoms with Crippen LogP contribution in [0.3, 0.4) is 0 Å². The molecular weight excluding hydrogens is 392 g/mol. The first kappa shape index (κ1) is 20.2. The Hall–Kier alpha value is -1.38. The molecule has 6 saturated carbocycles. The Labute approximate surface area is 184 Å². The zero-order valence-corrected chi connectivity index (χ0v) is 18.8. The van der Waals surface area contributed by atoms with E-state index in [1.54, 1.807) is 6.92 Å². The number of ketones is 1. The van der Waals surface area contributed by atoms with E-state index in [0.29, 0.717) is 42.4 Å². The van der Waals surface area contributed by atoms with E-state index in [-0.39, 0.29) is 35.1 Å². The molecular formula is C26H34O5. The fourth-order valence-corrected chi connectivity index (χ4v) is 9.52. The van der Waals surface area contributed by atoms with Gasteiger partial charge in [-0.05, 0) is 74.5 Å². The van der Waals surface area contributed by atoms with Crippen LogP contribution < -0.4 is 0 Å². The highest BCUT2D eigenvalue weighted by Crippen LogP contribution is 2.81. The summed E-state index contributed by atoms with van der Waals surface area (Å²) in [6, 6.07) is 0. The topological polar surface area (TPSA) is 83.8 Å². The summed E-state index contributed by atoms with van der Waals surface area (Å²) in [4.78, 5) is 24.2. The molecule has 4 unspecified atom stereocenters. The summed E-state index contributed by atoms with van der Waals surface area (Å²) < 4.78 is 4.99. The smallest absolute Gasteiger partial charge is 0.384 e. The molecule has 0 aromatic carbocycles. The first-order valence-corrected chi connectivity index (χ1v) is 12.3. The highest BCUT2D eigenvalue weighted by molar-refractivity contribution is 5.88. The quantitative estimate of drug-likeness (QED) is 0.383. The molecule has 168 valence electrons. The summed E-state index contributed by atoms with van der Waals surface area (Å²) in [5.41, 5.74) is -2.53. The van der Waals surface area contributed by atoms with Gasteiger partial charge in [-0.3, -0.25) is 4.79 Å². The number of carbonyl (C=O) groups excluding carboxylic acids is 2. The van der Waals surface area contributed by atoms with Gasteiger partial charge in [-0.15, -0.1) is 0 Å². The van der Waals surface area contributed by atoms with Gasteiger partial charge in [0.15, 0.2) is 0 Å². The first-order chi connectivity index (χ1) is 14.6. The fraction of sp³-hybridized carbons (Fsp3) is 0.846. The number of hydrogen-bond donors (Lipinski definition) is 2. The molecule has 0 heterocycles. The SMILES string of the molecule is CCOC(=O)C#C[C@]1(O)[C@H]2CC2C2C3C(CC[C@@]21C)[C@@]1(C)CCC(=O)C[C@@]1(O)[C@@H]1C[C@H]31. The molecule has 0 amide bonds. The summed E-state index contributed by atoms with van der Waals surface area (Å²) in [5, 5.41) is 23.7. The van der Waals surface area contributed by atoms with Crippen molar-refractivity contribution in [2.45, 2.75) is 76.9 Å². The zero-order valence-electron chi connectivity index (χ0n) is 18.8. The molecule has 0 aromatic rings. The summed E-state index contributed by atoms with van der Waals surface area (Å²) in [6.45, 7) is 6.50. The zero-order chi connectivity index (χ0) is 22.0. The van der Waals surface area contributed by atoms with Crippen LogP contribution in [-0.2, 0) is 14.3 Å². The maximum atomic E-state index is 12.3. The van der Waals surface area contributed by atoms with Crippen molar-refractivity contribution in [3.05, 3.63) is 0 Å². The lowest BCUT2D eigenvalue weighted by Crippen LogP contribution is -2.65. The Bertz CT molecular complexity index is 932. The van der Waals surface area contributed by atoms with Gasteiger partial charge in [-0.2, -0.15) is 0 Å². The van der Waals surface area contributed by atoms with Crippen LogP contribution in [0.5, 0.6) is 0 Å². The van der Waals surface area contributed by atoms with Gasteiger partial charge in [0, 0.05) is 35.5 Å². The normalized spacial score (nSPS) is 57.8. The Balaban J connectivity index is 1.37. The molecule has 0 bridgehead atoms. The summed E-state index contributed by atoms with van der Waals surface area (Å²) >= 11 is 0. The minimum Gasteiger partial charge on any atom is -0.456 e. The average molecular weight is 427 g/mol. The van der Waals surface area contributed by atoms with E-state index in [0.717, 1.165) is 32.1 Å². The third-order valence-electron chi connectivity index (χ3n) is 11.1. The maximum absolute atomic E-state index is 12.3. The van der Waals surface area contributed by atoms with Gasteiger partial charge in [-0.25, -0.2) is 4.79 Å². The minimum absolute atomic E-state index is 0.141. The lowest BCUT2D eigenvalue weighted by Gasteiger charge is -2.63. The maximum Gasteiger partial charge on any atom is 0.384 e. The van der Waals surface area contributed by atoms with Crippen molar-refractivity contribution < 1.29 is 24.5 Å². The Morgan fingerprint density at radius 1 is 1.10 bits per heavy atom. The highest BCUT2D eigenvalue weighted by Gasteiger charge is 2.81. The van der Waals surface area contributed by atoms with Gasteiger partial charge in [0.05, 0.1) is 12.2 Å². The minimum atomic E-state index is -1.14. The molecule has 0 saturated heterocycles. The molecule has 0 aromatic heterocycles. The first-order valence-electron chi connectivity index (χ1n) is 12.3. The molecule has 5 heteroatoms. The van der Waals surface area contributed by atoms with Crippen LogP contribution in [-0.4, -0.2) is 39.8 Å². The van der Waals surface area contributed by atoms with Crippen molar-refractivity contribution >= 4 is 11.8 Å². The molecule has 11 atom stereocenters. The number of Topliss-reactive ketones (excluding diaryl/α,β-unsaturated/α-hetero) is 1. The third-order valence-corrected chi connectivity index (χ3v) is 11.1. The van der Waals surface area contributed by atoms with Crippen LogP contribution in [0.15, 0.2) is 0 Å². The predicted molar refractivity (Wildman–Crippen MR) is 112 cm³/mol. The van der Waals surface area contributed by atoms with Gasteiger partial charge in [0.2, 0.25) is 0 Å². The second kappa shape index (κ2) is 5.94. The molecule has 0 aliphatic heterocycles. The van der Waals surface area contributed by atoms with Crippen LogP contribution in [0.25, 0.3) is 0 Å². The van der Waals surface area contributed by atoms with Crippen LogP contribution in [0.4, 0.5) is 0 Å². The largest absolute Gasteiger partial charge is 0.456 e. The number of fused-ring (bicyclic) bond motifs is 10. The molecule has 6 fully saturated rings. The molecule has 6 rings (SSSR count). The lowest BCUT2D eigenvalue weighted by molar-refractivity contribution is -0.218. The molecule has 0 radical (unpaired) electrons. The van der Waals surface area contributed by atoms with Crippen molar-refractivity contribution in [1.29, 1.82) is 0 Å². The number of carbonyl (C=O) groups is 2. The van der Waals surface area contributed by atoms with Crippen LogP contribution in [0.1, 0.15) is 65.7 Å². The number of ether oxygens (including phenoxy) is 1. The predicted octanol–water partition coefficient (Wildman–Crippen LogP) is 2.72. The van der Waals surface area contributed by atoms with Crippen LogP contribution >= 0.6 is 0 Å². The number of aliphatic hydroxyl groups is 2. The van der Waals surface area contributed by atoms with Crippen molar-refractivity contribution in [2.24, 2.45) is 52.3 Å². The number of rotatable bonds is 1. The van der Waals surface area contributed by atoms with Crippen molar-refractivity contribution in [2.75, 3.05) is 6.61 Å². The molecule has 2 N–H and O–H groups in total. The van der Waals surface area contributed by atoms with E-state index >= 15 is 0 Å². The lowest BCUT2D eigenvalue weighted by atomic mass is 9.42. The van der Waals surface area contributed by atoms with Gasteiger partial charge in [0.25, 0.3) is 0 Å². The molecule has 5 nitrogen and oxygen atoms in total. The summed E-state index contributed by atoms with van der Waals surface area (Å²) in [7, 11) is 0. The summed E-state index contributed by atoms with van der Waals surface area (Å²) in [6.07, 6.45) is 5.51. The van der Waals surface area contributed by atoms with Crippen LogP contribution in [0.2, 0.25) is 0 Å². The van der Waals surface area contributed by atoms with Gasteiger partial charge in [-0.1, -0.05) is 19.8 Å². The second-order valence-electron chi connectivity index (χ2n) is 12.0. The van der Waals surface area contributed by atoms with Crippen molar-refractivity contribution in [3.63, 3.8) is 0 Å². The summed E-state index contributed by atoms with van der Waals surface area (Å²) in [5.74, 6) is 7.82. The second-order valence-corrected chi connectivity index (χ2v) is 12.0. The van der Waals surface area contributed by atoms with Gasteiger partial charge in [0.1, 0.15) is 11.4 Å². The van der Waals surface area contributed by atoms with Gasteiger partial charge >= 0.3 is 5.97 Å². The van der Waals surface area contributed by atoms with E-state index < -0.39 is 17.2 Å². The molecule has 0 spiro atoms. The Kier molecular flexibility index (Phi) is 3.88. The highest BCUT2D eigenvalue weighted by atomic mass is 16.5. The van der Waals surface area contributed by atoms with E-state index in [1.807, 2.05) is 0 Å². The van der Waals surface area contributed by atoms with Crippen molar-refractivity contribution in [3.8, 4) is 11.8 Å². The Morgan fingerprint density at radius 2 is 1.84 bits per heavy atom. The van der Waals surface area contributed by atoms with E-state index in [4.69, 9.17) is 4.74 Å². The Morgan fingerprint density at radius 3 is 2.58 bits per heavy atom. The van der Waals surface area contributed by atoms with E-state index in [2.05, 4.69) is 25.7 Å². The van der Waals surface area contributed by atoms with E-state index in [1.165, 1.54) is 0 Å². The molecule has 6 aliphatic rings. The number of esters is 1. The molecule has 6 aliphatic carbocycles. The van der Waals surface area contributed by atoms with Crippen LogP contribution in [0, 0.1) is 64.1 Å². The molecule has 31 heavy (non-hydrogen) atoms. The number of hydrogen-bond acceptors (Lipinski definition) is 5.